The standard InChI is InChI=1S/C8H12N2O3S/c1-2-13-10-14(11,12)8-5-3-7(9)4-6-8/h3-6,10H,2,9H2,1H3. The summed E-state index contributed by atoms with van der Waals surface area (Å²) in [5.41, 5.74) is 5.94. The first kappa shape index (κ1) is 11.0. The third-order valence-electron chi connectivity index (χ3n) is 1.50. The van der Waals surface area contributed by atoms with Crippen LogP contribution in [0.3, 0.4) is 0 Å². The largest absolute Gasteiger partial charge is 0.399 e. The molecule has 14 heavy (non-hydrogen) atoms. The summed E-state index contributed by atoms with van der Waals surface area (Å²) in [6, 6.07) is 5.86. The van der Waals surface area contributed by atoms with E-state index in [1.165, 1.54) is 24.3 Å². The first-order valence-electron chi connectivity index (χ1n) is 4.05. The first-order chi connectivity index (χ1) is 6.56. The molecular weight excluding hydrogens is 204 g/mol. The summed E-state index contributed by atoms with van der Waals surface area (Å²) in [4.78, 5) is 6.71. The smallest absolute Gasteiger partial charge is 0.262 e. The minimum atomic E-state index is -3.57. The third kappa shape index (κ3) is 2.69. The van der Waals surface area contributed by atoms with E-state index >= 15 is 0 Å². The Morgan fingerprint density at radius 1 is 1.36 bits per heavy atom. The van der Waals surface area contributed by atoms with Gasteiger partial charge in [-0.2, -0.15) is 0 Å². The van der Waals surface area contributed by atoms with Crippen molar-refractivity contribution in [2.75, 3.05) is 12.3 Å². The van der Waals surface area contributed by atoms with Crippen LogP contribution in [0.4, 0.5) is 5.69 Å². The van der Waals surface area contributed by atoms with Crippen LogP contribution >= 0.6 is 0 Å². The topological polar surface area (TPSA) is 81.4 Å². The lowest BCUT2D eigenvalue weighted by Gasteiger charge is -2.05. The highest BCUT2D eigenvalue weighted by molar-refractivity contribution is 7.89. The van der Waals surface area contributed by atoms with E-state index in [2.05, 4.69) is 4.84 Å². The van der Waals surface area contributed by atoms with Crippen LogP contribution < -0.4 is 10.6 Å². The van der Waals surface area contributed by atoms with Gasteiger partial charge in [0.15, 0.2) is 0 Å². The summed E-state index contributed by atoms with van der Waals surface area (Å²) in [5, 5.41) is 0. The number of benzene rings is 1. The minimum Gasteiger partial charge on any atom is -0.399 e. The summed E-state index contributed by atoms with van der Waals surface area (Å²) in [6.07, 6.45) is 0. The van der Waals surface area contributed by atoms with Gasteiger partial charge in [-0.05, 0) is 31.2 Å². The van der Waals surface area contributed by atoms with Crippen molar-refractivity contribution in [1.29, 1.82) is 0 Å². The van der Waals surface area contributed by atoms with Crippen molar-refractivity contribution in [2.45, 2.75) is 11.8 Å². The van der Waals surface area contributed by atoms with E-state index in [4.69, 9.17) is 5.73 Å². The Hall–Kier alpha value is -1.11. The molecule has 78 valence electrons. The van der Waals surface area contributed by atoms with E-state index in [0.717, 1.165) is 0 Å². The molecule has 0 spiro atoms. The van der Waals surface area contributed by atoms with Gasteiger partial charge in [-0.3, -0.25) is 4.84 Å². The van der Waals surface area contributed by atoms with E-state index in [1.807, 2.05) is 4.89 Å². The van der Waals surface area contributed by atoms with E-state index < -0.39 is 10.0 Å². The van der Waals surface area contributed by atoms with E-state index in [0.29, 0.717) is 5.69 Å². The highest BCUT2D eigenvalue weighted by Crippen LogP contribution is 2.10. The van der Waals surface area contributed by atoms with Crippen molar-refractivity contribution in [2.24, 2.45) is 0 Å². The monoisotopic (exact) mass is 216 g/mol. The predicted octanol–water partition coefficient (Wildman–Crippen LogP) is 0.499. The number of rotatable bonds is 4. The molecule has 0 saturated heterocycles. The maximum absolute atomic E-state index is 11.4. The van der Waals surface area contributed by atoms with Gasteiger partial charge >= 0.3 is 0 Å². The minimum absolute atomic E-state index is 0.125. The molecule has 0 bridgehead atoms. The van der Waals surface area contributed by atoms with Crippen LogP contribution in [0.1, 0.15) is 6.92 Å². The highest BCUT2D eigenvalue weighted by atomic mass is 32.2. The van der Waals surface area contributed by atoms with Gasteiger partial charge in [0.1, 0.15) is 0 Å². The maximum atomic E-state index is 11.4. The van der Waals surface area contributed by atoms with Crippen molar-refractivity contribution >= 4 is 15.7 Å². The van der Waals surface area contributed by atoms with Crippen LogP contribution in [0.15, 0.2) is 29.2 Å². The molecule has 3 N–H and O–H groups in total. The summed E-state index contributed by atoms with van der Waals surface area (Å²) in [5.74, 6) is 0. The molecule has 0 atom stereocenters. The molecule has 0 aliphatic carbocycles. The van der Waals surface area contributed by atoms with E-state index in [9.17, 15) is 8.42 Å². The van der Waals surface area contributed by atoms with Gasteiger partial charge in [0, 0.05) is 5.69 Å². The maximum Gasteiger partial charge on any atom is 0.262 e. The number of sulfonamides is 1. The zero-order chi connectivity index (χ0) is 10.6. The fourth-order valence-corrected chi connectivity index (χ4v) is 1.70. The number of anilines is 1. The van der Waals surface area contributed by atoms with E-state index in [1.54, 1.807) is 6.92 Å². The predicted molar refractivity (Wildman–Crippen MR) is 52.8 cm³/mol. The summed E-state index contributed by atoms with van der Waals surface area (Å²) in [7, 11) is -3.57. The Balaban J connectivity index is 2.87. The number of nitrogen functional groups attached to an aromatic ring is 1. The Labute approximate surface area is 82.9 Å². The third-order valence-corrected chi connectivity index (χ3v) is 2.73. The number of nitrogens with one attached hydrogen (secondary N) is 1. The van der Waals surface area contributed by atoms with Crippen molar-refractivity contribution in [3.8, 4) is 0 Å². The second kappa shape index (κ2) is 4.41. The Morgan fingerprint density at radius 2 is 1.93 bits per heavy atom. The second-order valence-corrected chi connectivity index (χ2v) is 4.23. The van der Waals surface area contributed by atoms with Crippen LogP contribution in [0.2, 0.25) is 0 Å². The Morgan fingerprint density at radius 3 is 2.43 bits per heavy atom. The van der Waals surface area contributed by atoms with Gasteiger partial charge < -0.3 is 5.73 Å². The number of nitrogens with two attached hydrogens (primary N) is 1. The van der Waals surface area contributed by atoms with Crippen LogP contribution in [0, 0.1) is 0 Å². The molecule has 0 radical (unpaired) electrons. The van der Waals surface area contributed by atoms with Crippen LogP contribution in [0.5, 0.6) is 0 Å². The Bertz CT molecular complexity index is 386. The fourth-order valence-electron chi connectivity index (χ4n) is 0.832. The molecule has 0 unspecified atom stereocenters. The molecule has 1 aromatic carbocycles. The Kier molecular flexibility index (Phi) is 3.45. The van der Waals surface area contributed by atoms with E-state index in [-0.39, 0.29) is 11.5 Å². The highest BCUT2D eigenvalue weighted by Gasteiger charge is 2.12. The van der Waals surface area contributed by atoms with Gasteiger partial charge in [-0.25, -0.2) is 8.42 Å². The quantitative estimate of drug-likeness (QED) is 0.567. The van der Waals surface area contributed by atoms with Gasteiger partial charge in [0.25, 0.3) is 10.0 Å². The van der Waals surface area contributed by atoms with Gasteiger partial charge in [0.05, 0.1) is 11.5 Å². The van der Waals surface area contributed by atoms with Gasteiger partial charge in [-0.1, -0.05) is 4.89 Å². The number of hydrogen-bond acceptors (Lipinski definition) is 4. The first-order valence-corrected chi connectivity index (χ1v) is 5.53. The summed E-state index contributed by atoms with van der Waals surface area (Å²) >= 11 is 0. The molecule has 0 heterocycles. The molecule has 0 saturated carbocycles. The van der Waals surface area contributed by atoms with Crippen LogP contribution in [-0.4, -0.2) is 15.0 Å². The molecule has 6 heteroatoms. The lowest BCUT2D eigenvalue weighted by atomic mass is 10.3. The van der Waals surface area contributed by atoms with Crippen LogP contribution in [0.25, 0.3) is 0 Å². The van der Waals surface area contributed by atoms with Crippen molar-refractivity contribution in [3.63, 3.8) is 0 Å². The summed E-state index contributed by atoms with van der Waals surface area (Å²) in [6.45, 7) is 1.96. The lowest BCUT2D eigenvalue weighted by Crippen LogP contribution is -2.23. The van der Waals surface area contributed by atoms with Crippen molar-refractivity contribution < 1.29 is 13.3 Å². The molecule has 1 aromatic rings. The van der Waals surface area contributed by atoms with Crippen molar-refractivity contribution in [1.82, 2.24) is 4.89 Å². The SMILES string of the molecule is CCONS(=O)(=O)c1ccc(N)cc1. The van der Waals surface area contributed by atoms with Gasteiger partial charge in [0.2, 0.25) is 0 Å². The normalized spacial score (nSPS) is 11.5. The average Bonchev–Trinajstić information content (AvgIpc) is 2.16. The molecule has 1 rings (SSSR count). The molecule has 0 amide bonds. The van der Waals surface area contributed by atoms with Crippen molar-refractivity contribution in [3.05, 3.63) is 24.3 Å². The molecule has 0 aliphatic rings. The van der Waals surface area contributed by atoms with Crippen LogP contribution in [-0.2, 0) is 14.9 Å². The second-order valence-electron chi connectivity index (χ2n) is 2.59. The zero-order valence-corrected chi connectivity index (χ0v) is 8.54. The molecule has 5 nitrogen and oxygen atoms in total. The van der Waals surface area contributed by atoms with Gasteiger partial charge in [-0.15, -0.1) is 0 Å². The number of hydrogen-bond donors (Lipinski definition) is 2. The molecular formula is C8H12N2O3S. The fraction of sp³-hybridized carbons (Fsp3) is 0.250. The molecule has 0 aromatic heterocycles. The molecule has 0 aliphatic heterocycles. The zero-order valence-electron chi connectivity index (χ0n) is 7.73. The average molecular weight is 216 g/mol. The lowest BCUT2D eigenvalue weighted by molar-refractivity contribution is 0.105. The molecule has 0 fully saturated rings. The summed E-state index contributed by atoms with van der Waals surface area (Å²) < 4.78 is 22.9.